The molecule has 116 valence electrons. The van der Waals surface area contributed by atoms with Crippen molar-refractivity contribution in [3.05, 3.63) is 28.0 Å². The number of aromatic nitrogens is 1. The van der Waals surface area contributed by atoms with Crippen molar-refractivity contribution in [2.75, 3.05) is 13.1 Å². The number of pyridine rings is 1. The van der Waals surface area contributed by atoms with E-state index in [1.165, 1.54) is 17.3 Å². The van der Waals surface area contributed by atoms with Gasteiger partial charge in [-0.3, -0.25) is 14.6 Å². The number of ketones is 1. The molecular weight excluding hydrogens is 330 g/mol. The maximum atomic E-state index is 12.3. The van der Waals surface area contributed by atoms with E-state index in [9.17, 15) is 9.59 Å². The van der Waals surface area contributed by atoms with Crippen molar-refractivity contribution in [2.24, 2.45) is 0 Å². The monoisotopic (exact) mass is 348 g/mol. The molecule has 1 aromatic rings. The second-order valence-corrected chi connectivity index (χ2v) is 7.02. The Morgan fingerprint density at radius 2 is 1.86 bits per heavy atom. The molecule has 0 saturated carbocycles. The van der Waals surface area contributed by atoms with Gasteiger partial charge in [0.15, 0.2) is 5.78 Å². The lowest BCUT2D eigenvalue weighted by Crippen LogP contribution is -2.40. The van der Waals surface area contributed by atoms with Gasteiger partial charge in [0, 0.05) is 24.1 Å². The number of carbonyl (C=O) groups excluding carboxylic acids is 2. The van der Waals surface area contributed by atoms with Crippen LogP contribution < -0.4 is 0 Å². The Bertz CT molecular complexity index is 501. The van der Waals surface area contributed by atoms with E-state index in [1.54, 1.807) is 0 Å². The first-order valence-electron chi connectivity index (χ1n) is 6.67. The van der Waals surface area contributed by atoms with E-state index < -0.39 is 0 Å². The first-order valence-corrected chi connectivity index (χ1v) is 8.00. The molecule has 0 radical (unpaired) electrons. The van der Waals surface area contributed by atoms with Crippen LogP contribution in [0.5, 0.6) is 0 Å². The molecule has 1 atom stereocenters. The summed E-state index contributed by atoms with van der Waals surface area (Å²) in [5.74, 6) is -0.293. The zero-order valence-electron chi connectivity index (χ0n) is 12.1. The van der Waals surface area contributed by atoms with Crippen LogP contribution in [0.4, 0.5) is 0 Å². The minimum absolute atomic E-state index is 0.0525. The number of carbonyl (C=O) groups is 2. The van der Waals surface area contributed by atoms with Crippen LogP contribution in [-0.4, -0.2) is 40.3 Å². The Morgan fingerprint density at radius 3 is 2.29 bits per heavy atom. The zero-order valence-corrected chi connectivity index (χ0v) is 14.8. The van der Waals surface area contributed by atoms with Crippen molar-refractivity contribution in [1.29, 1.82) is 0 Å². The number of halogens is 2. The van der Waals surface area contributed by atoms with Crippen molar-refractivity contribution in [3.8, 4) is 0 Å². The van der Waals surface area contributed by atoms with Gasteiger partial charge >= 0.3 is 0 Å². The summed E-state index contributed by atoms with van der Waals surface area (Å²) in [4.78, 5) is 28.8. The third-order valence-electron chi connectivity index (χ3n) is 3.55. The van der Waals surface area contributed by atoms with Gasteiger partial charge in [0.05, 0.1) is 22.2 Å². The first kappa shape index (κ1) is 18.3. The summed E-state index contributed by atoms with van der Waals surface area (Å²) in [5.41, 5.74) is 0.211. The highest BCUT2D eigenvalue weighted by atomic mass is 35.5. The van der Waals surface area contributed by atoms with Crippen LogP contribution in [0.1, 0.15) is 37.0 Å². The largest absolute Gasteiger partial charge is 0.337 e. The van der Waals surface area contributed by atoms with E-state index in [0.29, 0.717) is 13.0 Å². The molecular formula is C14H19Cl2N2O2P. The van der Waals surface area contributed by atoms with Crippen LogP contribution in [0.3, 0.4) is 0 Å². The van der Waals surface area contributed by atoms with Crippen LogP contribution in [0, 0.1) is 0 Å². The average Bonchev–Trinajstić information content (AvgIpc) is 2.46. The standard InChI is InChI=1S/C14H19Cl2N2O2P/c1-3-14(21,4-2)8-18(9-19)7-12(20)13-10(15)5-17-6-11(13)16/h5-6,9H,3-4,7-8,21H2,1-2H3. The molecule has 1 heterocycles. The van der Waals surface area contributed by atoms with Crippen molar-refractivity contribution < 1.29 is 9.59 Å². The lowest BCUT2D eigenvalue weighted by atomic mass is 10.0. The molecule has 0 aliphatic heterocycles. The number of hydrogen-bond donors (Lipinski definition) is 0. The summed E-state index contributed by atoms with van der Waals surface area (Å²) in [6, 6.07) is 0. The Balaban J connectivity index is 2.87. The molecule has 1 unspecified atom stereocenters. The van der Waals surface area contributed by atoms with Gasteiger partial charge in [-0.05, 0) is 12.8 Å². The van der Waals surface area contributed by atoms with Crippen LogP contribution in [0.15, 0.2) is 12.4 Å². The second kappa shape index (κ2) is 8.07. The lowest BCUT2D eigenvalue weighted by Gasteiger charge is -2.31. The number of Topliss-reactive ketones (excluding diaryl/α,β-unsaturated/α-hetero) is 1. The second-order valence-electron chi connectivity index (χ2n) is 4.98. The maximum Gasteiger partial charge on any atom is 0.210 e. The molecule has 1 rings (SSSR count). The topological polar surface area (TPSA) is 50.3 Å². The smallest absolute Gasteiger partial charge is 0.210 e. The molecule has 0 bridgehead atoms. The molecule has 21 heavy (non-hydrogen) atoms. The van der Waals surface area contributed by atoms with Gasteiger partial charge in [0.1, 0.15) is 0 Å². The van der Waals surface area contributed by atoms with E-state index in [0.717, 1.165) is 12.8 Å². The minimum atomic E-state index is -0.293. The molecule has 4 nitrogen and oxygen atoms in total. The highest BCUT2D eigenvalue weighted by Crippen LogP contribution is 2.28. The minimum Gasteiger partial charge on any atom is -0.337 e. The van der Waals surface area contributed by atoms with Crippen molar-refractivity contribution in [3.63, 3.8) is 0 Å². The average molecular weight is 349 g/mol. The molecule has 0 saturated heterocycles. The van der Waals surface area contributed by atoms with E-state index >= 15 is 0 Å². The molecule has 0 aliphatic carbocycles. The summed E-state index contributed by atoms with van der Waals surface area (Å²) < 4.78 is 0. The third kappa shape index (κ3) is 4.91. The van der Waals surface area contributed by atoms with Gasteiger partial charge in [0.25, 0.3) is 0 Å². The summed E-state index contributed by atoms with van der Waals surface area (Å²) >= 11 is 11.9. The van der Waals surface area contributed by atoms with Crippen LogP contribution in [0.25, 0.3) is 0 Å². The van der Waals surface area contributed by atoms with Crippen molar-refractivity contribution in [1.82, 2.24) is 9.88 Å². The first-order chi connectivity index (χ1) is 9.86. The predicted octanol–water partition coefficient (Wildman–Crippen LogP) is 3.46. The van der Waals surface area contributed by atoms with Crippen LogP contribution >= 0.6 is 32.4 Å². The Kier molecular flexibility index (Phi) is 7.05. The van der Waals surface area contributed by atoms with Gasteiger partial charge < -0.3 is 4.90 Å². The fourth-order valence-corrected chi connectivity index (χ4v) is 2.76. The van der Waals surface area contributed by atoms with E-state index in [2.05, 4.69) is 28.1 Å². The highest BCUT2D eigenvalue weighted by molar-refractivity contribution is 7.19. The summed E-state index contributed by atoms with van der Waals surface area (Å²) in [7, 11) is 2.78. The number of nitrogens with zero attached hydrogens (tertiary/aromatic N) is 2. The molecule has 7 heteroatoms. The molecule has 0 N–H and O–H groups in total. The summed E-state index contributed by atoms with van der Waals surface area (Å²) in [6.45, 7) is 4.54. The number of hydrogen-bond acceptors (Lipinski definition) is 3. The Hall–Kier alpha value is -0.700. The molecule has 0 aromatic carbocycles. The molecule has 0 fully saturated rings. The Labute approximate surface area is 137 Å². The molecule has 1 amide bonds. The van der Waals surface area contributed by atoms with Gasteiger partial charge in [-0.15, -0.1) is 9.24 Å². The van der Waals surface area contributed by atoms with E-state index in [1.807, 2.05) is 0 Å². The molecule has 1 aromatic heterocycles. The highest BCUT2D eigenvalue weighted by Gasteiger charge is 2.25. The third-order valence-corrected chi connectivity index (χ3v) is 5.13. The van der Waals surface area contributed by atoms with Crippen LogP contribution in [-0.2, 0) is 4.79 Å². The fourth-order valence-electron chi connectivity index (χ4n) is 1.95. The Morgan fingerprint density at radius 1 is 1.33 bits per heavy atom. The summed E-state index contributed by atoms with van der Waals surface area (Å²) in [6.07, 6.45) is 5.20. The number of amides is 1. The van der Waals surface area contributed by atoms with Gasteiger partial charge in [-0.2, -0.15) is 0 Å². The van der Waals surface area contributed by atoms with Crippen molar-refractivity contribution in [2.45, 2.75) is 31.8 Å². The van der Waals surface area contributed by atoms with Crippen molar-refractivity contribution >= 4 is 44.6 Å². The van der Waals surface area contributed by atoms with Crippen LogP contribution in [0.2, 0.25) is 10.0 Å². The van der Waals surface area contributed by atoms with Gasteiger partial charge in [-0.1, -0.05) is 37.0 Å². The zero-order chi connectivity index (χ0) is 16.0. The quantitative estimate of drug-likeness (QED) is 0.410. The van der Waals surface area contributed by atoms with E-state index in [4.69, 9.17) is 23.2 Å². The maximum absolute atomic E-state index is 12.3. The normalized spacial score (nSPS) is 11.3. The van der Waals surface area contributed by atoms with Gasteiger partial charge in [-0.25, -0.2) is 0 Å². The lowest BCUT2D eigenvalue weighted by molar-refractivity contribution is -0.118. The molecule has 0 spiro atoms. The predicted molar refractivity (Wildman–Crippen MR) is 89.2 cm³/mol. The number of rotatable bonds is 8. The van der Waals surface area contributed by atoms with E-state index in [-0.39, 0.29) is 33.1 Å². The summed E-state index contributed by atoms with van der Waals surface area (Å²) in [5, 5.41) is 0.301. The SMILES string of the molecule is CCC(P)(CC)CN(C=O)CC(=O)c1c(Cl)cncc1Cl. The van der Waals surface area contributed by atoms with Gasteiger partial charge in [0.2, 0.25) is 6.41 Å². The molecule has 0 aliphatic rings. The fraction of sp³-hybridized carbons (Fsp3) is 0.500.